The first-order chi connectivity index (χ1) is 8.68. The molecule has 19 heavy (non-hydrogen) atoms. The maximum Gasteiger partial charge on any atom is 0.416 e. The van der Waals surface area contributed by atoms with Gasteiger partial charge in [-0.05, 0) is 25.1 Å². The Labute approximate surface area is 108 Å². The van der Waals surface area contributed by atoms with Gasteiger partial charge >= 0.3 is 6.18 Å². The van der Waals surface area contributed by atoms with Crippen LogP contribution in [0.25, 0.3) is 0 Å². The van der Waals surface area contributed by atoms with E-state index in [-0.39, 0.29) is 16.8 Å². The summed E-state index contributed by atoms with van der Waals surface area (Å²) in [7, 11) is 1.30. The molecular formula is C13H11F3N2O. The number of nitriles is 1. The van der Waals surface area contributed by atoms with Crippen molar-refractivity contribution < 1.29 is 18.0 Å². The molecule has 0 saturated heterocycles. The van der Waals surface area contributed by atoms with Crippen molar-refractivity contribution in [2.75, 3.05) is 11.9 Å². The molecule has 0 N–H and O–H groups in total. The average Bonchev–Trinajstić information content (AvgIpc) is 2.34. The Morgan fingerprint density at radius 2 is 2.00 bits per heavy atom. The molecule has 0 atom stereocenters. The molecule has 6 heteroatoms. The predicted octanol–water partition coefficient (Wildman–Crippen LogP) is 3.12. The van der Waals surface area contributed by atoms with Crippen LogP contribution in [-0.2, 0) is 11.0 Å². The number of alkyl halides is 3. The van der Waals surface area contributed by atoms with Gasteiger partial charge in [-0.15, -0.1) is 0 Å². The SMILES string of the molecule is C=C(C)C(=O)N(C)c1cc(C(F)(F)F)ccc1C#N. The molecule has 3 nitrogen and oxygen atoms in total. The number of benzene rings is 1. The van der Waals surface area contributed by atoms with Crippen molar-refractivity contribution in [2.24, 2.45) is 0 Å². The van der Waals surface area contributed by atoms with Crippen LogP contribution in [0, 0.1) is 11.3 Å². The van der Waals surface area contributed by atoms with Crippen LogP contribution in [0.15, 0.2) is 30.4 Å². The van der Waals surface area contributed by atoms with Crippen LogP contribution in [-0.4, -0.2) is 13.0 Å². The van der Waals surface area contributed by atoms with Crippen molar-refractivity contribution in [3.8, 4) is 6.07 Å². The van der Waals surface area contributed by atoms with Crippen molar-refractivity contribution >= 4 is 11.6 Å². The van der Waals surface area contributed by atoms with E-state index in [4.69, 9.17) is 5.26 Å². The number of hydrogen-bond acceptors (Lipinski definition) is 2. The van der Waals surface area contributed by atoms with Gasteiger partial charge in [-0.2, -0.15) is 18.4 Å². The van der Waals surface area contributed by atoms with Crippen LogP contribution in [0.1, 0.15) is 18.1 Å². The van der Waals surface area contributed by atoms with Gasteiger partial charge in [0.15, 0.2) is 0 Å². The molecule has 0 aliphatic carbocycles. The number of hydrogen-bond donors (Lipinski definition) is 0. The van der Waals surface area contributed by atoms with Gasteiger partial charge in [0.1, 0.15) is 6.07 Å². The topological polar surface area (TPSA) is 44.1 Å². The Kier molecular flexibility index (Phi) is 4.00. The van der Waals surface area contributed by atoms with Crippen LogP contribution >= 0.6 is 0 Å². The molecule has 0 bridgehead atoms. The Balaban J connectivity index is 3.36. The third kappa shape index (κ3) is 3.13. The van der Waals surface area contributed by atoms with Crippen LogP contribution in [0.4, 0.5) is 18.9 Å². The van der Waals surface area contributed by atoms with E-state index in [1.807, 2.05) is 0 Å². The summed E-state index contributed by atoms with van der Waals surface area (Å²) in [6.07, 6.45) is -4.53. The summed E-state index contributed by atoms with van der Waals surface area (Å²) in [6.45, 7) is 4.87. The first kappa shape index (κ1) is 14.8. The summed E-state index contributed by atoms with van der Waals surface area (Å²) in [5, 5.41) is 8.89. The Morgan fingerprint density at radius 1 is 1.42 bits per heavy atom. The molecule has 1 aromatic carbocycles. The lowest BCUT2D eigenvalue weighted by molar-refractivity contribution is -0.137. The van der Waals surface area contributed by atoms with Crippen LogP contribution in [0.2, 0.25) is 0 Å². The molecule has 1 aromatic rings. The third-order valence-electron chi connectivity index (χ3n) is 2.48. The van der Waals surface area contributed by atoms with E-state index in [2.05, 4.69) is 6.58 Å². The zero-order valence-corrected chi connectivity index (χ0v) is 10.4. The second kappa shape index (κ2) is 5.14. The number of likely N-dealkylation sites (N-methyl/N-ethyl adjacent to an activating group) is 1. The summed E-state index contributed by atoms with van der Waals surface area (Å²) >= 11 is 0. The first-order valence-corrected chi connectivity index (χ1v) is 5.23. The van der Waals surface area contributed by atoms with Gasteiger partial charge in [0, 0.05) is 12.6 Å². The standard InChI is InChI=1S/C13H11F3N2O/c1-8(2)12(19)18(3)11-6-10(13(14,15)16)5-4-9(11)7-17/h4-6H,1H2,2-3H3. The van der Waals surface area contributed by atoms with Gasteiger partial charge in [-0.1, -0.05) is 6.58 Å². The van der Waals surface area contributed by atoms with E-state index in [9.17, 15) is 18.0 Å². The molecule has 0 aliphatic heterocycles. The van der Waals surface area contributed by atoms with E-state index in [1.54, 1.807) is 6.07 Å². The normalized spacial score (nSPS) is 10.7. The lowest BCUT2D eigenvalue weighted by atomic mass is 10.1. The maximum absolute atomic E-state index is 12.6. The van der Waals surface area contributed by atoms with Gasteiger partial charge < -0.3 is 4.90 Å². The molecule has 100 valence electrons. The minimum Gasteiger partial charge on any atom is -0.310 e. The number of halogens is 3. The zero-order chi connectivity index (χ0) is 14.8. The maximum atomic E-state index is 12.6. The first-order valence-electron chi connectivity index (χ1n) is 5.23. The molecule has 0 heterocycles. The Bertz CT molecular complexity index is 570. The Hall–Kier alpha value is -2.29. The lowest BCUT2D eigenvalue weighted by Gasteiger charge is -2.20. The Morgan fingerprint density at radius 3 is 2.42 bits per heavy atom. The quantitative estimate of drug-likeness (QED) is 0.773. The van der Waals surface area contributed by atoms with Crippen molar-refractivity contribution in [1.82, 2.24) is 0 Å². The summed E-state index contributed by atoms with van der Waals surface area (Å²) in [4.78, 5) is 12.7. The van der Waals surface area contributed by atoms with Gasteiger partial charge in [-0.3, -0.25) is 4.79 Å². The van der Waals surface area contributed by atoms with Gasteiger partial charge in [0.25, 0.3) is 5.91 Å². The van der Waals surface area contributed by atoms with E-state index < -0.39 is 17.6 Å². The molecule has 1 amide bonds. The van der Waals surface area contributed by atoms with Crippen LogP contribution in [0.5, 0.6) is 0 Å². The molecule has 0 fully saturated rings. The number of anilines is 1. The van der Waals surface area contributed by atoms with Gasteiger partial charge in [0.2, 0.25) is 0 Å². The molecule has 1 rings (SSSR count). The minimum absolute atomic E-state index is 0.00917. The van der Waals surface area contributed by atoms with Crippen LogP contribution in [0.3, 0.4) is 0 Å². The highest BCUT2D eigenvalue weighted by Crippen LogP contribution is 2.33. The number of amides is 1. The van der Waals surface area contributed by atoms with E-state index in [0.29, 0.717) is 0 Å². The largest absolute Gasteiger partial charge is 0.416 e. The van der Waals surface area contributed by atoms with Gasteiger partial charge in [0.05, 0.1) is 16.8 Å². The van der Waals surface area contributed by atoms with Crippen molar-refractivity contribution in [1.29, 1.82) is 5.26 Å². The average molecular weight is 268 g/mol. The smallest absolute Gasteiger partial charge is 0.310 e. The number of carbonyl (C=O) groups is 1. The second-order valence-electron chi connectivity index (χ2n) is 3.99. The van der Waals surface area contributed by atoms with E-state index in [0.717, 1.165) is 23.1 Å². The monoisotopic (exact) mass is 268 g/mol. The van der Waals surface area contributed by atoms with Gasteiger partial charge in [-0.25, -0.2) is 0 Å². The summed E-state index contributed by atoms with van der Waals surface area (Å²) < 4.78 is 37.9. The summed E-state index contributed by atoms with van der Waals surface area (Å²) in [5.74, 6) is -0.546. The highest BCUT2D eigenvalue weighted by molar-refractivity contribution is 6.05. The zero-order valence-electron chi connectivity index (χ0n) is 10.4. The summed E-state index contributed by atoms with van der Waals surface area (Å²) in [5.41, 5.74) is -0.845. The summed E-state index contributed by atoms with van der Waals surface area (Å²) in [6, 6.07) is 4.38. The highest BCUT2D eigenvalue weighted by Gasteiger charge is 2.31. The van der Waals surface area contributed by atoms with Crippen molar-refractivity contribution in [3.05, 3.63) is 41.5 Å². The predicted molar refractivity (Wildman–Crippen MR) is 64.4 cm³/mol. The number of nitrogens with zero attached hydrogens (tertiary/aromatic N) is 2. The fourth-order valence-electron chi connectivity index (χ4n) is 1.48. The molecule has 0 aromatic heterocycles. The molecule has 0 spiro atoms. The number of carbonyl (C=O) groups excluding carboxylic acids is 1. The molecule has 0 saturated carbocycles. The van der Waals surface area contributed by atoms with E-state index in [1.165, 1.54) is 14.0 Å². The fraction of sp³-hybridized carbons (Fsp3) is 0.231. The lowest BCUT2D eigenvalue weighted by Crippen LogP contribution is -2.27. The third-order valence-corrected chi connectivity index (χ3v) is 2.48. The molecule has 0 aliphatic rings. The van der Waals surface area contributed by atoms with Crippen molar-refractivity contribution in [3.63, 3.8) is 0 Å². The molecule has 0 unspecified atom stereocenters. The minimum atomic E-state index is -4.53. The van der Waals surface area contributed by atoms with E-state index >= 15 is 0 Å². The molecular weight excluding hydrogens is 257 g/mol. The fourth-order valence-corrected chi connectivity index (χ4v) is 1.48. The van der Waals surface area contributed by atoms with Crippen molar-refractivity contribution in [2.45, 2.75) is 13.1 Å². The molecule has 0 radical (unpaired) electrons. The highest BCUT2D eigenvalue weighted by atomic mass is 19.4. The number of rotatable bonds is 2. The second-order valence-corrected chi connectivity index (χ2v) is 3.99. The van der Waals surface area contributed by atoms with Crippen LogP contribution < -0.4 is 4.90 Å².